The van der Waals surface area contributed by atoms with Crippen molar-refractivity contribution in [2.24, 2.45) is 0 Å². The summed E-state index contributed by atoms with van der Waals surface area (Å²) in [4.78, 5) is 24.9. The zero-order valence-corrected chi connectivity index (χ0v) is 13.6. The van der Waals surface area contributed by atoms with Gasteiger partial charge in [-0.25, -0.2) is 15.0 Å². The highest BCUT2D eigenvalue weighted by molar-refractivity contribution is 7.13. The minimum atomic E-state index is -0.164. The number of aromatic nitrogens is 5. The second-order valence-corrected chi connectivity index (χ2v) is 6.06. The summed E-state index contributed by atoms with van der Waals surface area (Å²) in [6, 6.07) is 1.98. The van der Waals surface area contributed by atoms with Crippen LogP contribution in [0.1, 0.15) is 35.9 Å². The SMILES string of the molecule is CC(C)n1cc(C(=O)NCc2csc(-c3ncccn3)n2)cn1. The van der Waals surface area contributed by atoms with Gasteiger partial charge in [-0.1, -0.05) is 0 Å². The second-order valence-electron chi connectivity index (χ2n) is 5.20. The molecule has 0 aromatic carbocycles. The van der Waals surface area contributed by atoms with Crippen molar-refractivity contribution in [3.05, 3.63) is 47.5 Å². The van der Waals surface area contributed by atoms with E-state index in [0.29, 0.717) is 17.9 Å². The lowest BCUT2D eigenvalue weighted by atomic mass is 10.3. The molecule has 118 valence electrons. The van der Waals surface area contributed by atoms with Crippen molar-refractivity contribution in [2.75, 3.05) is 0 Å². The van der Waals surface area contributed by atoms with E-state index in [1.165, 1.54) is 11.3 Å². The number of nitrogens with zero attached hydrogens (tertiary/aromatic N) is 5. The van der Waals surface area contributed by atoms with Gasteiger partial charge in [0.15, 0.2) is 10.8 Å². The molecule has 0 aliphatic rings. The maximum Gasteiger partial charge on any atom is 0.254 e. The molecule has 0 saturated heterocycles. The van der Waals surface area contributed by atoms with Crippen molar-refractivity contribution in [1.82, 2.24) is 30.0 Å². The Morgan fingerprint density at radius 3 is 2.83 bits per heavy atom. The highest BCUT2D eigenvalue weighted by atomic mass is 32.1. The quantitative estimate of drug-likeness (QED) is 0.777. The summed E-state index contributed by atoms with van der Waals surface area (Å²) in [5.74, 6) is 0.427. The molecule has 0 aliphatic carbocycles. The van der Waals surface area contributed by atoms with E-state index >= 15 is 0 Å². The molecule has 0 spiro atoms. The molecule has 3 aromatic rings. The van der Waals surface area contributed by atoms with Crippen LogP contribution in [-0.4, -0.2) is 30.6 Å². The van der Waals surface area contributed by atoms with Gasteiger partial charge in [0.2, 0.25) is 0 Å². The molecule has 3 rings (SSSR count). The molecule has 0 bridgehead atoms. The lowest BCUT2D eigenvalue weighted by Gasteiger charge is -2.03. The van der Waals surface area contributed by atoms with Crippen molar-refractivity contribution < 1.29 is 4.79 Å². The lowest BCUT2D eigenvalue weighted by molar-refractivity contribution is 0.0950. The summed E-state index contributed by atoms with van der Waals surface area (Å²) >= 11 is 1.45. The molecule has 23 heavy (non-hydrogen) atoms. The number of carbonyl (C=O) groups excluding carboxylic acids is 1. The van der Waals surface area contributed by atoms with Gasteiger partial charge in [0, 0.05) is 30.0 Å². The maximum absolute atomic E-state index is 12.1. The van der Waals surface area contributed by atoms with Crippen LogP contribution in [0, 0.1) is 0 Å². The minimum Gasteiger partial charge on any atom is -0.346 e. The standard InChI is InChI=1S/C15H16N6OS/c1-10(2)21-8-11(6-19-21)14(22)18-7-12-9-23-15(20-12)13-16-4-3-5-17-13/h3-6,8-10H,7H2,1-2H3,(H,18,22). The van der Waals surface area contributed by atoms with Crippen LogP contribution < -0.4 is 5.32 Å². The predicted molar refractivity (Wildman–Crippen MR) is 86.9 cm³/mol. The van der Waals surface area contributed by atoms with Crippen LogP contribution in [0.3, 0.4) is 0 Å². The summed E-state index contributed by atoms with van der Waals surface area (Å²) in [6.07, 6.45) is 6.67. The van der Waals surface area contributed by atoms with E-state index in [2.05, 4.69) is 25.4 Å². The Morgan fingerprint density at radius 1 is 1.35 bits per heavy atom. The van der Waals surface area contributed by atoms with Crippen molar-refractivity contribution in [3.63, 3.8) is 0 Å². The largest absolute Gasteiger partial charge is 0.346 e. The normalized spacial score (nSPS) is 10.9. The van der Waals surface area contributed by atoms with E-state index in [0.717, 1.165) is 10.7 Å². The first-order valence-corrected chi connectivity index (χ1v) is 8.05. The molecule has 0 saturated carbocycles. The van der Waals surface area contributed by atoms with Gasteiger partial charge in [0.1, 0.15) is 0 Å². The number of hydrogen-bond donors (Lipinski definition) is 1. The average Bonchev–Trinajstić information content (AvgIpc) is 3.23. The summed E-state index contributed by atoms with van der Waals surface area (Å²) in [7, 11) is 0. The fourth-order valence-corrected chi connectivity index (χ4v) is 2.68. The Kier molecular flexibility index (Phi) is 4.42. The van der Waals surface area contributed by atoms with Crippen LogP contribution in [0.15, 0.2) is 36.2 Å². The zero-order valence-electron chi connectivity index (χ0n) is 12.8. The van der Waals surface area contributed by atoms with Gasteiger partial charge in [-0.15, -0.1) is 11.3 Å². The van der Waals surface area contributed by atoms with Crippen molar-refractivity contribution in [1.29, 1.82) is 0 Å². The van der Waals surface area contributed by atoms with Gasteiger partial charge in [-0.2, -0.15) is 5.10 Å². The van der Waals surface area contributed by atoms with Crippen LogP contribution in [0.2, 0.25) is 0 Å². The topological polar surface area (TPSA) is 85.6 Å². The monoisotopic (exact) mass is 328 g/mol. The summed E-state index contributed by atoms with van der Waals surface area (Å²) in [5, 5.41) is 9.64. The first-order valence-electron chi connectivity index (χ1n) is 7.17. The number of carbonyl (C=O) groups is 1. The zero-order chi connectivity index (χ0) is 16.2. The summed E-state index contributed by atoms with van der Waals surface area (Å²) in [5.41, 5.74) is 1.32. The fourth-order valence-electron chi connectivity index (χ4n) is 1.91. The second kappa shape index (κ2) is 6.66. The molecular weight excluding hydrogens is 312 g/mol. The molecule has 3 heterocycles. The smallest absolute Gasteiger partial charge is 0.254 e. The fraction of sp³-hybridized carbons (Fsp3) is 0.267. The maximum atomic E-state index is 12.1. The van der Waals surface area contributed by atoms with Gasteiger partial charge >= 0.3 is 0 Å². The lowest BCUT2D eigenvalue weighted by Crippen LogP contribution is -2.22. The molecule has 0 unspecified atom stereocenters. The van der Waals surface area contributed by atoms with Crippen LogP contribution in [0.5, 0.6) is 0 Å². The summed E-state index contributed by atoms with van der Waals surface area (Å²) in [6.45, 7) is 4.38. The Morgan fingerprint density at radius 2 is 2.13 bits per heavy atom. The molecule has 0 radical (unpaired) electrons. The molecule has 1 amide bonds. The highest BCUT2D eigenvalue weighted by Gasteiger charge is 2.11. The highest BCUT2D eigenvalue weighted by Crippen LogP contribution is 2.19. The molecule has 1 N–H and O–H groups in total. The van der Waals surface area contributed by atoms with Crippen molar-refractivity contribution in [3.8, 4) is 10.8 Å². The third-order valence-electron chi connectivity index (χ3n) is 3.13. The third-order valence-corrected chi connectivity index (χ3v) is 4.02. The molecule has 3 aromatic heterocycles. The Balaban J connectivity index is 1.62. The first-order chi connectivity index (χ1) is 11.1. The van der Waals surface area contributed by atoms with Crippen molar-refractivity contribution in [2.45, 2.75) is 26.4 Å². The van der Waals surface area contributed by atoms with Gasteiger partial charge in [-0.05, 0) is 19.9 Å². The molecule has 7 nitrogen and oxygen atoms in total. The molecule has 8 heteroatoms. The molecular formula is C15H16N6OS. The Labute approximate surface area is 137 Å². The van der Waals surface area contributed by atoms with Crippen LogP contribution in [0.4, 0.5) is 0 Å². The number of hydrogen-bond acceptors (Lipinski definition) is 6. The van der Waals surface area contributed by atoms with Crippen LogP contribution in [-0.2, 0) is 6.54 Å². The molecule has 0 aliphatic heterocycles. The Hall–Kier alpha value is -2.61. The Bertz CT molecular complexity index is 795. The van der Waals surface area contributed by atoms with E-state index in [-0.39, 0.29) is 11.9 Å². The minimum absolute atomic E-state index is 0.164. The van der Waals surface area contributed by atoms with E-state index in [9.17, 15) is 4.79 Å². The van der Waals surface area contributed by atoms with Gasteiger partial charge in [0.25, 0.3) is 5.91 Å². The van der Waals surface area contributed by atoms with E-state index in [4.69, 9.17) is 0 Å². The number of nitrogens with one attached hydrogen (secondary N) is 1. The van der Waals surface area contributed by atoms with Gasteiger partial charge in [-0.3, -0.25) is 9.48 Å². The van der Waals surface area contributed by atoms with Gasteiger partial charge in [0.05, 0.1) is 24.0 Å². The number of amides is 1. The summed E-state index contributed by atoms with van der Waals surface area (Å²) < 4.78 is 1.75. The van der Waals surface area contributed by atoms with Crippen LogP contribution in [0.25, 0.3) is 10.8 Å². The first kappa shape index (κ1) is 15.3. The van der Waals surface area contributed by atoms with E-state index in [1.54, 1.807) is 35.5 Å². The molecule has 0 atom stereocenters. The van der Waals surface area contributed by atoms with E-state index < -0.39 is 0 Å². The third kappa shape index (κ3) is 3.59. The van der Waals surface area contributed by atoms with Crippen LogP contribution >= 0.6 is 11.3 Å². The van der Waals surface area contributed by atoms with Crippen molar-refractivity contribution >= 4 is 17.2 Å². The van der Waals surface area contributed by atoms with E-state index in [1.807, 2.05) is 19.2 Å². The number of thiazole rings is 1. The predicted octanol–water partition coefficient (Wildman–Crippen LogP) is 2.31. The molecule has 0 fully saturated rings. The van der Waals surface area contributed by atoms with Gasteiger partial charge < -0.3 is 5.32 Å². The average molecular weight is 328 g/mol. The number of rotatable bonds is 5.